The molecule has 0 saturated carbocycles. The maximum atomic E-state index is 13.3. The lowest BCUT2D eigenvalue weighted by Gasteiger charge is -2.27. The average molecular weight is 534 g/mol. The summed E-state index contributed by atoms with van der Waals surface area (Å²) in [6, 6.07) is 22.6. The number of rotatable bonds is 4. The van der Waals surface area contributed by atoms with Gasteiger partial charge in [0.25, 0.3) is 11.8 Å². The number of nitrogens with one attached hydrogen (secondary N) is 1. The molecule has 9 heteroatoms. The zero-order valence-electron chi connectivity index (χ0n) is 21.3. The van der Waals surface area contributed by atoms with Crippen molar-refractivity contribution in [2.45, 2.75) is 6.42 Å². The molecule has 3 heterocycles. The van der Waals surface area contributed by atoms with E-state index in [0.717, 1.165) is 10.3 Å². The van der Waals surface area contributed by atoms with Crippen LogP contribution in [0.3, 0.4) is 0 Å². The van der Waals surface area contributed by atoms with Crippen LogP contribution in [0, 0.1) is 5.92 Å². The molecule has 4 aromatic carbocycles. The molecule has 0 radical (unpaired) electrons. The van der Waals surface area contributed by atoms with Gasteiger partial charge in [-0.25, -0.2) is 4.90 Å². The van der Waals surface area contributed by atoms with E-state index in [4.69, 9.17) is 9.47 Å². The molecule has 4 amide bonds. The molecule has 0 aromatic heterocycles. The normalized spacial score (nSPS) is 17.9. The Labute approximate surface area is 228 Å². The Kier molecular flexibility index (Phi) is 5.52. The average Bonchev–Trinajstić information content (AvgIpc) is 3.38. The number of nitrogens with zero attached hydrogens (tertiary/aromatic N) is 2. The van der Waals surface area contributed by atoms with Crippen LogP contribution in [-0.4, -0.2) is 43.4 Å². The standard InChI is InChI=1S/C31H23N3O6/c35-27-15-19(17-33(27)22-11-12-25-26(16-22)40-14-13-39-25)29(36)32-20-7-9-21(10-8-20)34-30(37)23-5-1-3-18-4-2-6-24(28(18)23)31(34)38/h1-12,16,19H,13-15,17H2,(H,32,36)/t19-/m0/s1. The van der Waals surface area contributed by atoms with Crippen LogP contribution in [0.4, 0.5) is 17.1 Å². The van der Waals surface area contributed by atoms with E-state index in [-0.39, 0.29) is 24.8 Å². The summed E-state index contributed by atoms with van der Waals surface area (Å²) in [5.74, 6) is -0.548. The molecule has 0 spiro atoms. The lowest BCUT2D eigenvalue weighted by molar-refractivity contribution is -0.122. The van der Waals surface area contributed by atoms with Crippen LogP contribution in [0.5, 0.6) is 11.5 Å². The Morgan fingerprint density at radius 2 is 1.43 bits per heavy atom. The molecule has 0 unspecified atom stereocenters. The van der Waals surface area contributed by atoms with Gasteiger partial charge in [-0.15, -0.1) is 0 Å². The Morgan fingerprint density at radius 1 is 0.775 bits per heavy atom. The number of carbonyl (C=O) groups is 4. The van der Waals surface area contributed by atoms with Crippen molar-refractivity contribution in [3.63, 3.8) is 0 Å². The largest absolute Gasteiger partial charge is 0.486 e. The van der Waals surface area contributed by atoms with E-state index < -0.39 is 17.7 Å². The van der Waals surface area contributed by atoms with Crippen molar-refractivity contribution in [2.75, 3.05) is 34.9 Å². The molecule has 7 rings (SSSR count). The lowest BCUT2D eigenvalue weighted by Crippen LogP contribution is -2.40. The van der Waals surface area contributed by atoms with Crippen molar-refractivity contribution in [1.29, 1.82) is 0 Å². The molecule has 1 saturated heterocycles. The summed E-state index contributed by atoms with van der Waals surface area (Å²) < 4.78 is 11.2. The number of carbonyl (C=O) groups excluding carboxylic acids is 4. The first kappa shape index (κ1) is 23.9. The molecular weight excluding hydrogens is 510 g/mol. The number of hydrogen-bond acceptors (Lipinski definition) is 6. The highest BCUT2D eigenvalue weighted by Gasteiger charge is 2.36. The fourth-order valence-electron chi connectivity index (χ4n) is 5.54. The molecule has 4 aromatic rings. The molecule has 40 heavy (non-hydrogen) atoms. The zero-order chi connectivity index (χ0) is 27.4. The number of fused-ring (bicyclic) bond motifs is 1. The smallest absolute Gasteiger partial charge is 0.265 e. The Bertz CT molecular complexity index is 1680. The number of imide groups is 1. The SMILES string of the molecule is O=C(Nc1ccc(N2C(=O)c3cccc4cccc(c34)C2=O)cc1)[C@H]1CC(=O)N(c2ccc3c(c2)OCCO3)C1. The Morgan fingerprint density at radius 3 is 2.12 bits per heavy atom. The predicted octanol–water partition coefficient (Wildman–Crippen LogP) is 4.40. The van der Waals surface area contributed by atoms with E-state index in [1.54, 1.807) is 71.6 Å². The van der Waals surface area contributed by atoms with Crippen LogP contribution in [0.15, 0.2) is 78.9 Å². The molecule has 0 bridgehead atoms. The summed E-state index contributed by atoms with van der Waals surface area (Å²) >= 11 is 0. The fraction of sp³-hybridized carbons (Fsp3) is 0.161. The van der Waals surface area contributed by atoms with Gasteiger partial charge in [-0.2, -0.15) is 0 Å². The van der Waals surface area contributed by atoms with Gasteiger partial charge in [0.1, 0.15) is 13.2 Å². The minimum Gasteiger partial charge on any atom is -0.486 e. The van der Waals surface area contributed by atoms with Crippen molar-refractivity contribution in [2.24, 2.45) is 5.92 Å². The molecule has 9 nitrogen and oxygen atoms in total. The highest BCUT2D eigenvalue weighted by molar-refractivity contribution is 6.35. The number of benzene rings is 4. The molecule has 198 valence electrons. The second kappa shape index (κ2) is 9.23. The van der Waals surface area contributed by atoms with E-state index in [0.29, 0.717) is 58.3 Å². The highest BCUT2D eigenvalue weighted by Crippen LogP contribution is 2.37. The summed E-state index contributed by atoms with van der Waals surface area (Å²) in [6.07, 6.45) is 0.0834. The van der Waals surface area contributed by atoms with Crippen LogP contribution in [0.25, 0.3) is 10.8 Å². The second-order valence-electron chi connectivity index (χ2n) is 9.92. The minimum absolute atomic E-state index is 0.0834. The second-order valence-corrected chi connectivity index (χ2v) is 9.92. The van der Waals surface area contributed by atoms with Gasteiger partial charge in [0, 0.05) is 46.9 Å². The topological polar surface area (TPSA) is 105 Å². The monoisotopic (exact) mass is 533 g/mol. The van der Waals surface area contributed by atoms with Crippen LogP contribution in [0.2, 0.25) is 0 Å². The number of amides is 4. The molecule has 1 fully saturated rings. The van der Waals surface area contributed by atoms with Crippen molar-refractivity contribution in [3.05, 3.63) is 90.0 Å². The van der Waals surface area contributed by atoms with E-state index >= 15 is 0 Å². The lowest BCUT2D eigenvalue weighted by atomic mass is 9.94. The third kappa shape index (κ3) is 3.86. The minimum atomic E-state index is -0.539. The number of ether oxygens (including phenoxy) is 2. The maximum Gasteiger partial charge on any atom is 0.265 e. The fourth-order valence-corrected chi connectivity index (χ4v) is 5.54. The summed E-state index contributed by atoms with van der Waals surface area (Å²) in [5.41, 5.74) is 2.50. The van der Waals surface area contributed by atoms with Crippen LogP contribution >= 0.6 is 0 Å². The molecule has 1 N–H and O–H groups in total. The first-order valence-corrected chi connectivity index (χ1v) is 13.0. The Hall–Kier alpha value is -5.18. The summed E-state index contributed by atoms with van der Waals surface area (Å²) in [4.78, 5) is 55.1. The van der Waals surface area contributed by atoms with E-state index in [1.807, 2.05) is 12.1 Å². The summed E-state index contributed by atoms with van der Waals surface area (Å²) in [6.45, 7) is 1.16. The van der Waals surface area contributed by atoms with Crippen molar-refractivity contribution < 1.29 is 28.7 Å². The van der Waals surface area contributed by atoms with Gasteiger partial charge in [-0.1, -0.05) is 24.3 Å². The van der Waals surface area contributed by atoms with Crippen molar-refractivity contribution in [3.8, 4) is 11.5 Å². The third-order valence-electron chi connectivity index (χ3n) is 7.50. The summed E-state index contributed by atoms with van der Waals surface area (Å²) in [5, 5.41) is 4.36. The van der Waals surface area contributed by atoms with Gasteiger partial charge >= 0.3 is 0 Å². The zero-order valence-corrected chi connectivity index (χ0v) is 21.3. The first-order valence-electron chi connectivity index (χ1n) is 13.0. The van der Waals surface area contributed by atoms with E-state index in [1.165, 1.54) is 0 Å². The van der Waals surface area contributed by atoms with E-state index in [2.05, 4.69) is 5.32 Å². The van der Waals surface area contributed by atoms with Gasteiger partial charge in [-0.3, -0.25) is 19.2 Å². The van der Waals surface area contributed by atoms with Gasteiger partial charge in [-0.05, 0) is 53.9 Å². The quantitative estimate of drug-likeness (QED) is 0.390. The van der Waals surface area contributed by atoms with Crippen LogP contribution in [0.1, 0.15) is 27.1 Å². The number of hydrogen-bond donors (Lipinski definition) is 1. The van der Waals surface area contributed by atoms with E-state index in [9.17, 15) is 19.2 Å². The number of anilines is 3. The van der Waals surface area contributed by atoms with Crippen molar-refractivity contribution >= 4 is 51.5 Å². The highest BCUT2D eigenvalue weighted by atomic mass is 16.6. The molecule has 0 aliphatic carbocycles. The van der Waals surface area contributed by atoms with Gasteiger partial charge in [0.05, 0.1) is 11.6 Å². The molecular formula is C31H23N3O6. The Balaban J connectivity index is 1.06. The third-order valence-corrected chi connectivity index (χ3v) is 7.50. The van der Waals surface area contributed by atoms with Crippen molar-refractivity contribution in [1.82, 2.24) is 0 Å². The van der Waals surface area contributed by atoms with Crippen LogP contribution in [-0.2, 0) is 9.59 Å². The maximum absolute atomic E-state index is 13.3. The van der Waals surface area contributed by atoms with Gasteiger partial charge < -0.3 is 19.7 Å². The van der Waals surface area contributed by atoms with Crippen LogP contribution < -0.4 is 24.6 Å². The molecule has 3 aliphatic heterocycles. The summed E-state index contributed by atoms with van der Waals surface area (Å²) in [7, 11) is 0. The molecule has 1 atom stereocenters. The molecule has 3 aliphatic rings. The van der Waals surface area contributed by atoms with Gasteiger partial charge in [0.15, 0.2) is 11.5 Å². The first-order chi connectivity index (χ1) is 19.5. The predicted molar refractivity (Wildman–Crippen MR) is 148 cm³/mol. The van der Waals surface area contributed by atoms with Gasteiger partial charge in [0.2, 0.25) is 11.8 Å².